The highest BCUT2D eigenvalue weighted by atomic mass is 16.5. The van der Waals surface area contributed by atoms with Crippen LogP contribution in [0.3, 0.4) is 0 Å². The minimum atomic E-state index is -0.184. The van der Waals surface area contributed by atoms with Gasteiger partial charge >= 0.3 is 0 Å². The minimum absolute atomic E-state index is 0.0734. The molecule has 29 heavy (non-hydrogen) atoms. The Morgan fingerprint density at radius 1 is 1.21 bits per heavy atom. The van der Waals surface area contributed by atoms with E-state index in [4.69, 9.17) is 10.00 Å². The van der Waals surface area contributed by atoms with Crippen LogP contribution < -0.4 is 20.3 Å². The van der Waals surface area contributed by atoms with Crippen molar-refractivity contribution in [2.24, 2.45) is 5.92 Å². The largest absolute Gasteiger partial charge is 0.495 e. The Kier molecular flexibility index (Phi) is 6.29. The van der Waals surface area contributed by atoms with Crippen molar-refractivity contribution in [1.82, 2.24) is 4.98 Å². The van der Waals surface area contributed by atoms with E-state index in [0.717, 1.165) is 5.82 Å². The molecule has 2 N–H and O–H groups in total. The first-order valence-electron chi connectivity index (χ1n) is 9.37. The summed E-state index contributed by atoms with van der Waals surface area (Å²) >= 11 is 0. The van der Waals surface area contributed by atoms with E-state index < -0.39 is 0 Å². The predicted molar refractivity (Wildman–Crippen MR) is 110 cm³/mol. The van der Waals surface area contributed by atoms with Crippen molar-refractivity contribution >= 4 is 29.0 Å². The average molecular weight is 393 g/mol. The number of amides is 2. The van der Waals surface area contributed by atoms with Crippen LogP contribution in [0.4, 0.5) is 17.2 Å². The van der Waals surface area contributed by atoms with Crippen molar-refractivity contribution in [3.05, 3.63) is 42.1 Å². The van der Waals surface area contributed by atoms with E-state index in [1.165, 1.54) is 14.0 Å². The lowest BCUT2D eigenvalue weighted by atomic mass is 9.95. The fourth-order valence-corrected chi connectivity index (χ4v) is 3.33. The van der Waals surface area contributed by atoms with Crippen molar-refractivity contribution in [3.8, 4) is 11.8 Å². The molecule has 0 saturated carbocycles. The summed E-state index contributed by atoms with van der Waals surface area (Å²) in [4.78, 5) is 30.5. The van der Waals surface area contributed by atoms with Gasteiger partial charge in [-0.3, -0.25) is 9.59 Å². The predicted octanol–water partition coefficient (Wildman–Crippen LogP) is 2.78. The number of rotatable bonds is 5. The Labute approximate surface area is 169 Å². The molecule has 3 rings (SSSR count). The van der Waals surface area contributed by atoms with Gasteiger partial charge in [0.2, 0.25) is 11.8 Å². The molecule has 2 heterocycles. The molecule has 150 valence electrons. The molecule has 0 unspecified atom stereocenters. The monoisotopic (exact) mass is 393 g/mol. The van der Waals surface area contributed by atoms with Gasteiger partial charge in [-0.25, -0.2) is 4.98 Å². The molecule has 1 aromatic heterocycles. The second-order valence-electron chi connectivity index (χ2n) is 6.86. The maximum atomic E-state index is 12.8. The Morgan fingerprint density at radius 2 is 1.97 bits per heavy atom. The molecular weight excluding hydrogens is 370 g/mol. The van der Waals surface area contributed by atoms with Gasteiger partial charge in [0, 0.05) is 37.8 Å². The van der Waals surface area contributed by atoms with Crippen LogP contribution in [0.15, 0.2) is 36.5 Å². The molecule has 0 radical (unpaired) electrons. The van der Waals surface area contributed by atoms with Crippen LogP contribution in [0.2, 0.25) is 0 Å². The highest BCUT2D eigenvalue weighted by Crippen LogP contribution is 2.30. The van der Waals surface area contributed by atoms with Gasteiger partial charge in [-0.2, -0.15) is 5.26 Å². The van der Waals surface area contributed by atoms with Crippen molar-refractivity contribution < 1.29 is 14.3 Å². The number of hydrogen-bond donors (Lipinski definition) is 2. The third-order valence-electron chi connectivity index (χ3n) is 4.84. The smallest absolute Gasteiger partial charge is 0.227 e. The van der Waals surface area contributed by atoms with E-state index in [1.54, 1.807) is 30.5 Å². The summed E-state index contributed by atoms with van der Waals surface area (Å²) in [6, 6.07) is 10.8. The van der Waals surface area contributed by atoms with Crippen LogP contribution in [0.25, 0.3) is 0 Å². The lowest BCUT2D eigenvalue weighted by molar-refractivity contribution is -0.120. The van der Waals surface area contributed by atoms with E-state index in [0.29, 0.717) is 48.6 Å². The van der Waals surface area contributed by atoms with Crippen LogP contribution in [-0.2, 0) is 9.59 Å². The highest BCUT2D eigenvalue weighted by Gasteiger charge is 2.26. The summed E-state index contributed by atoms with van der Waals surface area (Å²) in [6.07, 6.45) is 2.95. The van der Waals surface area contributed by atoms with Gasteiger partial charge in [-0.05, 0) is 43.2 Å². The van der Waals surface area contributed by atoms with Gasteiger partial charge in [0.25, 0.3) is 0 Å². The fraction of sp³-hybridized carbons (Fsp3) is 0.333. The number of methoxy groups -OCH3 is 1. The van der Waals surface area contributed by atoms with E-state index in [1.807, 2.05) is 6.07 Å². The number of anilines is 3. The fourth-order valence-electron chi connectivity index (χ4n) is 3.33. The zero-order valence-corrected chi connectivity index (χ0v) is 16.4. The van der Waals surface area contributed by atoms with Gasteiger partial charge in [0.05, 0.1) is 18.4 Å². The number of pyridine rings is 1. The minimum Gasteiger partial charge on any atom is -0.495 e. The molecule has 1 fully saturated rings. The third kappa shape index (κ3) is 5.02. The van der Waals surface area contributed by atoms with E-state index in [9.17, 15) is 9.59 Å². The molecule has 0 atom stereocenters. The summed E-state index contributed by atoms with van der Waals surface area (Å²) < 4.78 is 5.32. The summed E-state index contributed by atoms with van der Waals surface area (Å²) in [5.41, 5.74) is 1.65. The number of piperidine rings is 1. The third-order valence-corrected chi connectivity index (χ3v) is 4.84. The number of nitrogens with zero attached hydrogens (tertiary/aromatic N) is 3. The molecule has 2 amide bonds. The first-order chi connectivity index (χ1) is 14.0. The summed E-state index contributed by atoms with van der Waals surface area (Å²) in [7, 11) is 1.53. The number of carbonyl (C=O) groups excluding carboxylic acids is 2. The standard InChI is InChI=1S/C21H23N5O3/c1-14(27)24-17-4-5-19(29-2)18(11-17)25-21(28)16-7-9-26(10-8-16)20-6-3-15(12-22)13-23-20/h3-6,11,13,16H,7-10H2,1-2H3,(H,24,27)(H,25,28). The highest BCUT2D eigenvalue weighted by molar-refractivity contribution is 5.96. The summed E-state index contributed by atoms with van der Waals surface area (Å²) in [5, 5.41) is 14.5. The Balaban J connectivity index is 1.62. The van der Waals surface area contributed by atoms with Crippen molar-refractivity contribution in [2.45, 2.75) is 19.8 Å². The molecule has 0 spiro atoms. The molecule has 1 saturated heterocycles. The van der Waals surface area contributed by atoms with Gasteiger partial charge in [0.1, 0.15) is 17.6 Å². The summed E-state index contributed by atoms with van der Waals surface area (Å²) in [5.74, 6) is 0.963. The molecule has 0 aliphatic carbocycles. The van der Waals surface area contributed by atoms with E-state index >= 15 is 0 Å². The quantitative estimate of drug-likeness (QED) is 0.809. The second kappa shape index (κ2) is 9.06. The van der Waals surface area contributed by atoms with E-state index in [2.05, 4.69) is 26.6 Å². The molecule has 0 bridgehead atoms. The molecule has 8 nitrogen and oxygen atoms in total. The zero-order valence-electron chi connectivity index (χ0n) is 16.4. The first kappa shape index (κ1) is 20.1. The molecular formula is C21H23N5O3. The van der Waals surface area contributed by atoms with Crippen LogP contribution >= 0.6 is 0 Å². The first-order valence-corrected chi connectivity index (χ1v) is 9.37. The number of hydrogen-bond acceptors (Lipinski definition) is 6. The van der Waals surface area contributed by atoms with Crippen LogP contribution in [0.5, 0.6) is 5.75 Å². The Hall–Kier alpha value is -3.60. The van der Waals surface area contributed by atoms with E-state index in [-0.39, 0.29) is 17.7 Å². The number of ether oxygens (including phenoxy) is 1. The molecule has 1 aliphatic rings. The number of benzene rings is 1. The van der Waals surface area contributed by atoms with Gasteiger partial charge in [0.15, 0.2) is 0 Å². The van der Waals surface area contributed by atoms with Gasteiger partial charge < -0.3 is 20.3 Å². The number of nitrogens with one attached hydrogen (secondary N) is 2. The normalized spacial score (nSPS) is 14.0. The molecule has 2 aromatic rings. The summed E-state index contributed by atoms with van der Waals surface area (Å²) in [6.45, 7) is 2.85. The maximum Gasteiger partial charge on any atom is 0.227 e. The lowest BCUT2D eigenvalue weighted by Gasteiger charge is -2.32. The molecule has 1 aliphatic heterocycles. The van der Waals surface area contributed by atoms with Gasteiger partial charge in [-0.15, -0.1) is 0 Å². The Bertz CT molecular complexity index is 928. The van der Waals surface area contributed by atoms with Crippen molar-refractivity contribution in [3.63, 3.8) is 0 Å². The SMILES string of the molecule is COc1ccc(NC(C)=O)cc1NC(=O)C1CCN(c2ccc(C#N)cn2)CC1. The van der Waals surface area contributed by atoms with Crippen LogP contribution in [0, 0.1) is 17.2 Å². The number of carbonyl (C=O) groups is 2. The zero-order chi connectivity index (χ0) is 20.8. The molecule has 1 aromatic carbocycles. The molecule has 8 heteroatoms. The van der Waals surface area contributed by atoms with Crippen LogP contribution in [0.1, 0.15) is 25.3 Å². The maximum absolute atomic E-state index is 12.8. The van der Waals surface area contributed by atoms with Crippen molar-refractivity contribution in [1.29, 1.82) is 5.26 Å². The van der Waals surface area contributed by atoms with Crippen molar-refractivity contribution in [2.75, 3.05) is 35.7 Å². The number of aromatic nitrogens is 1. The second-order valence-corrected chi connectivity index (χ2v) is 6.86. The number of nitriles is 1. The van der Waals surface area contributed by atoms with Gasteiger partial charge in [-0.1, -0.05) is 0 Å². The Morgan fingerprint density at radius 3 is 2.55 bits per heavy atom. The topological polar surface area (TPSA) is 107 Å². The lowest BCUT2D eigenvalue weighted by Crippen LogP contribution is -2.38. The average Bonchev–Trinajstić information content (AvgIpc) is 2.74. The van der Waals surface area contributed by atoms with Crippen LogP contribution in [-0.4, -0.2) is 37.0 Å².